The van der Waals surface area contributed by atoms with Crippen LogP contribution < -0.4 is 14.8 Å². The van der Waals surface area contributed by atoms with Crippen LogP contribution in [-0.4, -0.2) is 28.5 Å². The molecule has 9 nitrogen and oxygen atoms in total. The lowest BCUT2D eigenvalue weighted by atomic mass is 10.2. The number of non-ortho nitro benzene ring substituents is 1. The molecule has 0 aromatic heterocycles. The Morgan fingerprint density at radius 3 is 2.23 bits per heavy atom. The molecule has 9 heteroatoms. The van der Waals surface area contributed by atoms with E-state index in [4.69, 9.17) is 14.6 Å². The Kier molecular flexibility index (Phi) is 6.23. The Hall–Kier alpha value is -4.40. The third-order valence-corrected chi connectivity index (χ3v) is 3.85. The first-order chi connectivity index (χ1) is 14.4. The third-order valence-electron chi connectivity index (χ3n) is 3.85. The van der Waals surface area contributed by atoms with E-state index < -0.39 is 17.5 Å². The maximum absolute atomic E-state index is 12.5. The van der Waals surface area contributed by atoms with E-state index in [1.807, 2.05) is 0 Å². The van der Waals surface area contributed by atoms with Gasteiger partial charge in [0, 0.05) is 23.4 Å². The molecule has 0 bridgehead atoms. The summed E-state index contributed by atoms with van der Waals surface area (Å²) in [6.45, 7) is -0.451. The normalized spacial score (nSPS) is 10.1. The number of anilines is 1. The summed E-state index contributed by atoms with van der Waals surface area (Å²) < 4.78 is 10.7. The molecule has 3 aromatic rings. The summed E-state index contributed by atoms with van der Waals surface area (Å²) in [7, 11) is 0. The summed E-state index contributed by atoms with van der Waals surface area (Å²) in [5.41, 5.74) is 0.805. The van der Waals surface area contributed by atoms with Crippen LogP contribution in [0.3, 0.4) is 0 Å². The highest BCUT2D eigenvalue weighted by Gasteiger charge is 2.10. The second-order valence-electron chi connectivity index (χ2n) is 6.04. The highest BCUT2D eigenvalue weighted by molar-refractivity contribution is 6.04. The van der Waals surface area contributed by atoms with Crippen molar-refractivity contribution in [2.24, 2.45) is 0 Å². The molecule has 0 spiro atoms. The lowest BCUT2D eigenvalue weighted by Gasteiger charge is -2.09. The largest absolute Gasteiger partial charge is 0.482 e. The van der Waals surface area contributed by atoms with Crippen molar-refractivity contribution in [2.45, 2.75) is 0 Å². The van der Waals surface area contributed by atoms with Crippen LogP contribution >= 0.6 is 0 Å². The molecule has 0 aliphatic carbocycles. The van der Waals surface area contributed by atoms with Crippen molar-refractivity contribution in [1.82, 2.24) is 0 Å². The number of carbonyl (C=O) groups excluding carboxylic acids is 1. The van der Waals surface area contributed by atoms with Gasteiger partial charge in [-0.1, -0.05) is 6.07 Å². The number of carboxylic acid groups (broad SMARTS) is 1. The van der Waals surface area contributed by atoms with Crippen LogP contribution in [-0.2, 0) is 4.79 Å². The van der Waals surface area contributed by atoms with E-state index in [0.717, 1.165) is 0 Å². The minimum absolute atomic E-state index is 0.0464. The minimum Gasteiger partial charge on any atom is -0.482 e. The average molecular weight is 408 g/mol. The number of carboxylic acids is 1. The average Bonchev–Trinajstić information content (AvgIpc) is 2.74. The van der Waals surface area contributed by atoms with E-state index in [1.165, 1.54) is 24.3 Å². The Balaban J connectivity index is 1.64. The molecule has 2 N–H and O–H groups in total. The lowest BCUT2D eigenvalue weighted by Crippen LogP contribution is -2.12. The number of carbonyl (C=O) groups is 2. The summed E-state index contributed by atoms with van der Waals surface area (Å²) in [5.74, 6) is -0.288. The van der Waals surface area contributed by atoms with Crippen LogP contribution in [0.25, 0.3) is 0 Å². The third kappa shape index (κ3) is 5.55. The monoisotopic (exact) mass is 408 g/mol. The highest BCUT2D eigenvalue weighted by Crippen LogP contribution is 2.25. The van der Waals surface area contributed by atoms with Crippen LogP contribution in [0.2, 0.25) is 0 Å². The van der Waals surface area contributed by atoms with Crippen molar-refractivity contribution >= 4 is 23.3 Å². The van der Waals surface area contributed by atoms with Crippen molar-refractivity contribution < 1.29 is 29.1 Å². The Bertz CT molecular complexity index is 1060. The van der Waals surface area contributed by atoms with Gasteiger partial charge in [0.05, 0.1) is 4.92 Å². The first kappa shape index (κ1) is 20.3. The zero-order valence-electron chi connectivity index (χ0n) is 15.5. The predicted molar refractivity (Wildman–Crippen MR) is 107 cm³/mol. The van der Waals surface area contributed by atoms with Gasteiger partial charge in [0.2, 0.25) is 0 Å². The number of nitrogens with zero attached hydrogens (tertiary/aromatic N) is 1. The number of hydrogen-bond acceptors (Lipinski definition) is 6. The van der Waals surface area contributed by atoms with Gasteiger partial charge in [0.15, 0.2) is 6.61 Å². The van der Waals surface area contributed by atoms with E-state index in [-0.39, 0.29) is 11.6 Å². The molecule has 0 radical (unpaired) electrons. The van der Waals surface area contributed by atoms with E-state index >= 15 is 0 Å². The first-order valence-electron chi connectivity index (χ1n) is 8.69. The number of aliphatic carboxylic acids is 1. The van der Waals surface area contributed by atoms with E-state index in [2.05, 4.69) is 5.32 Å². The number of nitro benzene ring substituents is 1. The molecule has 0 heterocycles. The van der Waals surface area contributed by atoms with Crippen molar-refractivity contribution in [2.75, 3.05) is 11.9 Å². The van der Waals surface area contributed by atoms with Gasteiger partial charge in [-0.3, -0.25) is 14.9 Å². The Morgan fingerprint density at radius 2 is 1.60 bits per heavy atom. The molecule has 0 saturated carbocycles. The summed E-state index contributed by atoms with van der Waals surface area (Å²) in [6, 6.07) is 18.3. The topological polar surface area (TPSA) is 128 Å². The molecular formula is C21H16N2O7. The highest BCUT2D eigenvalue weighted by atomic mass is 16.6. The molecule has 0 atom stereocenters. The summed E-state index contributed by atoms with van der Waals surface area (Å²) in [5, 5.41) is 22.0. The summed E-state index contributed by atoms with van der Waals surface area (Å²) >= 11 is 0. The standard InChI is InChI=1S/C21H16N2O7/c24-20(25)13-29-17-8-4-15(5-9-17)22-21(26)14-2-1-3-19(12-14)30-18-10-6-16(7-11-18)23(27)28/h1-12H,13H2,(H,22,26)(H,24,25). The SMILES string of the molecule is O=C(O)COc1ccc(NC(=O)c2cccc(Oc3ccc([N+](=O)[O-])cc3)c2)cc1. The molecule has 3 aromatic carbocycles. The van der Waals surface area contributed by atoms with E-state index in [1.54, 1.807) is 48.5 Å². The van der Waals surface area contributed by atoms with Crippen molar-refractivity contribution in [1.29, 1.82) is 0 Å². The quantitative estimate of drug-likeness (QED) is 0.424. The number of amides is 1. The minimum atomic E-state index is -1.08. The molecule has 3 rings (SSSR count). The van der Waals surface area contributed by atoms with Crippen molar-refractivity contribution in [3.8, 4) is 17.2 Å². The van der Waals surface area contributed by atoms with Crippen molar-refractivity contribution in [3.63, 3.8) is 0 Å². The molecule has 0 unspecified atom stereocenters. The zero-order chi connectivity index (χ0) is 21.5. The molecule has 0 aliphatic rings. The van der Waals surface area contributed by atoms with Crippen LogP contribution in [0.4, 0.5) is 11.4 Å². The fourth-order valence-corrected chi connectivity index (χ4v) is 2.46. The fourth-order valence-electron chi connectivity index (χ4n) is 2.46. The van der Waals surface area contributed by atoms with Crippen LogP contribution in [0.5, 0.6) is 17.2 Å². The molecule has 152 valence electrons. The molecule has 30 heavy (non-hydrogen) atoms. The van der Waals surface area contributed by atoms with Crippen LogP contribution in [0.15, 0.2) is 72.8 Å². The van der Waals surface area contributed by atoms with Gasteiger partial charge in [-0.25, -0.2) is 4.79 Å². The van der Waals surface area contributed by atoms with Crippen LogP contribution in [0.1, 0.15) is 10.4 Å². The fraction of sp³-hybridized carbons (Fsp3) is 0.0476. The second kappa shape index (κ2) is 9.20. The van der Waals surface area contributed by atoms with E-state index in [0.29, 0.717) is 28.5 Å². The Labute approximate surface area is 170 Å². The predicted octanol–water partition coefficient (Wildman–Crippen LogP) is 4.10. The van der Waals surface area contributed by atoms with Gasteiger partial charge in [0.1, 0.15) is 17.2 Å². The summed E-state index contributed by atoms with van der Waals surface area (Å²) in [6.07, 6.45) is 0. The number of ether oxygens (including phenoxy) is 2. The van der Waals surface area contributed by atoms with Gasteiger partial charge < -0.3 is 19.9 Å². The molecule has 0 saturated heterocycles. The molecule has 0 aliphatic heterocycles. The molecule has 1 amide bonds. The maximum Gasteiger partial charge on any atom is 0.341 e. The lowest BCUT2D eigenvalue weighted by molar-refractivity contribution is -0.384. The van der Waals surface area contributed by atoms with Gasteiger partial charge in [-0.05, 0) is 54.6 Å². The first-order valence-corrected chi connectivity index (χ1v) is 8.69. The van der Waals surface area contributed by atoms with Gasteiger partial charge in [-0.2, -0.15) is 0 Å². The van der Waals surface area contributed by atoms with Gasteiger partial charge in [-0.15, -0.1) is 0 Å². The second-order valence-corrected chi connectivity index (χ2v) is 6.04. The summed E-state index contributed by atoms with van der Waals surface area (Å²) in [4.78, 5) is 33.2. The number of benzene rings is 3. The smallest absolute Gasteiger partial charge is 0.341 e. The van der Waals surface area contributed by atoms with E-state index in [9.17, 15) is 19.7 Å². The number of rotatable bonds is 8. The molecular weight excluding hydrogens is 392 g/mol. The number of nitrogens with one attached hydrogen (secondary N) is 1. The van der Waals surface area contributed by atoms with Gasteiger partial charge in [0.25, 0.3) is 11.6 Å². The number of hydrogen-bond donors (Lipinski definition) is 2. The zero-order valence-corrected chi connectivity index (χ0v) is 15.5. The number of nitro groups is 1. The van der Waals surface area contributed by atoms with Crippen LogP contribution in [0, 0.1) is 10.1 Å². The van der Waals surface area contributed by atoms with Crippen molar-refractivity contribution in [3.05, 3.63) is 88.5 Å². The Morgan fingerprint density at radius 1 is 0.933 bits per heavy atom. The maximum atomic E-state index is 12.5. The molecule has 0 fully saturated rings. The van der Waals surface area contributed by atoms with Gasteiger partial charge >= 0.3 is 5.97 Å².